The van der Waals surface area contributed by atoms with E-state index in [0.717, 1.165) is 32.0 Å². The van der Waals surface area contributed by atoms with Crippen LogP contribution in [0.4, 0.5) is 21.8 Å². The second kappa shape index (κ2) is 8.69. The van der Waals surface area contributed by atoms with Gasteiger partial charge in [-0.25, -0.2) is 9.37 Å². The zero-order valence-electron chi connectivity index (χ0n) is 15.8. The lowest BCUT2D eigenvalue weighted by Gasteiger charge is -2.36. The smallest absolute Gasteiger partial charge is 0.224 e. The Balaban J connectivity index is 1.32. The van der Waals surface area contributed by atoms with Crippen LogP contribution in [0.2, 0.25) is 0 Å². The summed E-state index contributed by atoms with van der Waals surface area (Å²) in [4.78, 5) is 13.6. The Morgan fingerprint density at radius 2 is 1.57 bits per heavy atom. The van der Waals surface area contributed by atoms with Gasteiger partial charge < -0.3 is 15.1 Å². The number of anilines is 3. The molecule has 2 heterocycles. The summed E-state index contributed by atoms with van der Waals surface area (Å²) in [7, 11) is 0. The second-order valence-electron chi connectivity index (χ2n) is 6.82. The number of nitrogens with one attached hydrogen (secondary N) is 1. The lowest BCUT2D eigenvalue weighted by molar-refractivity contribution is 0.610. The fourth-order valence-corrected chi connectivity index (χ4v) is 3.45. The van der Waals surface area contributed by atoms with Crippen molar-refractivity contribution in [2.75, 3.05) is 47.8 Å². The molecule has 2 aromatic carbocycles. The first-order valence-electron chi connectivity index (χ1n) is 9.65. The highest BCUT2D eigenvalue weighted by atomic mass is 19.1. The first-order chi connectivity index (χ1) is 13.8. The van der Waals surface area contributed by atoms with Gasteiger partial charge in [-0.15, -0.1) is 0 Å². The van der Waals surface area contributed by atoms with E-state index in [9.17, 15) is 4.39 Å². The van der Waals surface area contributed by atoms with E-state index in [1.165, 1.54) is 11.8 Å². The maximum Gasteiger partial charge on any atom is 0.224 e. The third-order valence-corrected chi connectivity index (χ3v) is 5.00. The van der Waals surface area contributed by atoms with Gasteiger partial charge >= 0.3 is 0 Å². The van der Waals surface area contributed by atoms with Gasteiger partial charge in [0.2, 0.25) is 5.95 Å². The molecule has 1 saturated heterocycles. The molecule has 28 heavy (non-hydrogen) atoms. The monoisotopic (exact) mass is 377 g/mol. The Kier molecular flexibility index (Phi) is 5.66. The number of hydrogen-bond acceptors (Lipinski definition) is 5. The normalized spacial score (nSPS) is 14.2. The van der Waals surface area contributed by atoms with Gasteiger partial charge in [-0.3, -0.25) is 0 Å². The summed E-state index contributed by atoms with van der Waals surface area (Å²) >= 11 is 0. The van der Waals surface area contributed by atoms with Crippen molar-refractivity contribution in [3.8, 4) is 0 Å². The van der Waals surface area contributed by atoms with Crippen LogP contribution >= 0.6 is 0 Å². The first kappa shape index (κ1) is 18.2. The summed E-state index contributed by atoms with van der Waals surface area (Å²) in [6, 6.07) is 19.3. The van der Waals surface area contributed by atoms with Crippen LogP contribution < -0.4 is 15.1 Å². The molecule has 0 bridgehead atoms. The number of nitrogens with zero attached hydrogens (tertiary/aromatic N) is 4. The van der Waals surface area contributed by atoms with Crippen molar-refractivity contribution in [3.63, 3.8) is 0 Å². The van der Waals surface area contributed by atoms with Crippen molar-refractivity contribution in [1.29, 1.82) is 0 Å². The molecule has 0 radical (unpaired) electrons. The second-order valence-corrected chi connectivity index (χ2v) is 6.82. The Hall–Kier alpha value is -3.15. The molecule has 144 valence electrons. The van der Waals surface area contributed by atoms with Gasteiger partial charge in [0.1, 0.15) is 11.6 Å². The zero-order valence-corrected chi connectivity index (χ0v) is 15.8. The number of benzene rings is 2. The number of para-hydroxylation sites is 1. The van der Waals surface area contributed by atoms with E-state index in [1.54, 1.807) is 18.3 Å². The fourth-order valence-electron chi connectivity index (χ4n) is 3.45. The predicted octanol–water partition coefficient (Wildman–Crippen LogP) is 3.60. The number of halogens is 1. The number of piperazine rings is 1. The molecule has 0 aliphatic carbocycles. The third-order valence-electron chi connectivity index (χ3n) is 5.00. The lowest BCUT2D eigenvalue weighted by atomic mass is 10.1. The third kappa shape index (κ3) is 4.39. The van der Waals surface area contributed by atoms with Crippen LogP contribution in [0.5, 0.6) is 0 Å². The quantitative estimate of drug-likeness (QED) is 0.711. The molecular formula is C22H24FN5. The molecule has 0 atom stereocenters. The maximum absolute atomic E-state index is 13.7. The Bertz CT molecular complexity index is 894. The van der Waals surface area contributed by atoms with E-state index >= 15 is 0 Å². The van der Waals surface area contributed by atoms with Crippen LogP contribution in [0.25, 0.3) is 0 Å². The molecule has 5 nitrogen and oxygen atoms in total. The van der Waals surface area contributed by atoms with E-state index in [2.05, 4.69) is 49.4 Å². The summed E-state index contributed by atoms with van der Waals surface area (Å²) < 4.78 is 13.7. The highest BCUT2D eigenvalue weighted by Crippen LogP contribution is 2.19. The van der Waals surface area contributed by atoms with E-state index in [0.29, 0.717) is 24.5 Å². The number of hydrogen-bond donors (Lipinski definition) is 1. The number of aromatic nitrogens is 2. The van der Waals surface area contributed by atoms with Crippen molar-refractivity contribution in [3.05, 3.63) is 78.2 Å². The van der Waals surface area contributed by atoms with Crippen LogP contribution in [-0.2, 0) is 6.42 Å². The van der Waals surface area contributed by atoms with Crippen LogP contribution in [0.3, 0.4) is 0 Å². The summed E-state index contributed by atoms with van der Waals surface area (Å²) in [6.07, 6.45) is 2.37. The summed E-state index contributed by atoms with van der Waals surface area (Å²) in [6.45, 7) is 4.35. The molecule has 1 N–H and O–H groups in total. The molecule has 0 amide bonds. The lowest BCUT2D eigenvalue weighted by Crippen LogP contribution is -2.46. The zero-order chi connectivity index (χ0) is 19.2. The molecule has 1 aromatic heterocycles. The van der Waals surface area contributed by atoms with Crippen LogP contribution in [-0.4, -0.2) is 42.7 Å². The molecule has 4 rings (SSSR count). The Morgan fingerprint density at radius 3 is 2.36 bits per heavy atom. The van der Waals surface area contributed by atoms with Gasteiger partial charge in [0, 0.05) is 44.6 Å². The molecule has 0 unspecified atom stereocenters. The van der Waals surface area contributed by atoms with Crippen molar-refractivity contribution < 1.29 is 4.39 Å². The summed E-state index contributed by atoms with van der Waals surface area (Å²) in [5.41, 5.74) is 1.96. The largest absolute Gasteiger partial charge is 0.368 e. The van der Waals surface area contributed by atoms with E-state index in [-0.39, 0.29) is 5.82 Å². The summed E-state index contributed by atoms with van der Waals surface area (Å²) in [5, 5.41) is 3.21. The van der Waals surface area contributed by atoms with Crippen molar-refractivity contribution in [2.45, 2.75) is 6.42 Å². The minimum atomic E-state index is -0.171. The van der Waals surface area contributed by atoms with Gasteiger partial charge in [0.05, 0.1) is 0 Å². The summed E-state index contributed by atoms with van der Waals surface area (Å²) in [5.74, 6) is 1.34. The Morgan fingerprint density at radius 1 is 0.857 bits per heavy atom. The van der Waals surface area contributed by atoms with E-state index in [4.69, 9.17) is 0 Å². The van der Waals surface area contributed by atoms with Gasteiger partial charge in [-0.05, 0) is 36.2 Å². The SMILES string of the molecule is Fc1ccccc1CCNc1nccc(N2CCN(c3ccccc3)CC2)n1. The average Bonchev–Trinajstić information content (AvgIpc) is 2.76. The molecule has 1 aliphatic heterocycles. The van der Waals surface area contributed by atoms with E-state index in [1.807, 2.05) is 18.2 Å². The minimum absolute atomic E-state index is 0.171. The van der Waals surface area contributed by atoms with Crippen LogP contribution in [0, 0.1) is 5.82 Å². The minimum Gasteiger partial charge on any atom is -0.368 e. The van der Waals surface area contributed by atoms with Crippen molar-refractivity contribution >= 4 is 17.5 Å². The van der Waals surface area contributed by atoms with Crippen LogP contribution in [0.15, 0.2) is 66.9 Å². The average molecular weight is 377 g/mol. The molecular weight excluding hydrogens is 353 g/mol. The molecule has 0 spiro atoms. The molecule has 3 aromatic rings. The van der Waals surface area contributed by atoms with Crippen LogP contribution in [0.1, 0.15) is 5.56 Å². The highest BCUT2D eigenvalue weighted by Gasteiger charge is 2.18. The Labute approximate surface area is 164 Å². The van der Waals surface area contributed by atoms with Gasteiger partial charge in [0.25, 0.3) is 0 Å². The van der Waals surface area contributed by atoms with Gasteiger partial charge in [0.15, 0.2) is 0 Å². The molecule has 1 fully saturated rings. The van der Waals surface area contributed by atoms with Gasteiger partial charge in [-0.1, -0.05) is 36.4 Å². The molecule has 1 aliphatic rings. The predicted molar refractivity (Wildman–Crippen MR) is 111 cm³/mol. The fraction of sp³-hybridized carbons (Fsp3) is 0.273. The maximum atomic E-state index is 13.7. The standard InChI is InChI=1S/C22H24FN5/c23-20-9-5-4-6-18(20)10-12-24-22-25-13-11-21(26-22)28-16-14-27(15-17-28)19-7-2-1-3-8-19/h1-9,11,13H,10,12,14-17H2,(H,24,25,26). The van der Waals surface area contributed by atoms with Crippen molar-refractivity contribution in [2.24, 2.45) is 0 Å². The van der Waals surface area contributed by atoms with Crippen molar-refractivity contribution in [1.82, 2.24) is 9.97 Å². The first-order valence-corrected chi connectivity index (χ1v) is 9.65. The van der Waals surface area contributed by atoms with E-state index < -0.39 is 0 Å². The molecule has 0 saturated carbocycles. The highest BCUT2D eigenvalue weighted by molar-refractivity contribution is 5.50. The number of rotatable bonds is 6. The molecule has 6 heteroatoms. The van der Waals surface area contributed by atoms with Gasteiger partial charge in [-0.2, -0.15) is 4.98 Å². The topological polar surface area (TPSA) is 44.3 Å².